The van der Waals surface area contributed by atoms with Gasteiger partial charge in [0, 0.05) is 30.7 Å². The minimum Gasteiger partial charge on any atom is -0.348 e. The largest absolute Gasteiger partial charge is 0.348 e. The Kier molecular flexibility index (Phi) is 6.70. The highest BCUT2D eigenvalue weighted by Gasteiger charge is 2.50. The number of halogens is 1. The Bertz CT molecular complexity index is 1180. The summed E-state index contributed by atoms with van der Waals surface area (Å²) in [5, 5.41) is 3.59. The number of nitrogens with one attached hydrogen (secondary N) is 2. The van der Waals surface area contributed by atoms with E-state index in [1.165, 1.54) is 6.07 Å². The van der Waals surface area contributed by atoms with Crippen molar-refractivity contribution in [2.24, 2.45) is 17.8 Å². The fourth-order valence-corrected chi connectivity index (χ4v) is 6.64. The molecule has 0 bridgehead atoms. The van der Waals surface area contributed by atoms with Gasteiger partial charge in [0.25, 0.3) is 5.91 Å². The zero-order valence-electron chi connectivity index (χ0n) is 20.9. The van der Waals surface area contributed by atoms with Gasteiger partial charge in [-0.1, -0.05) is 19.4 Å². The summed E-state index contributed by atoms with van der Waals surface area (Å²) in [7, 11) is 0. The van der Waals surface area contributed by atoms with Gasteiger partial charge < -0.3 is 15.2 Å². The molecule has 0 radical (unpaired) electrons. The van der Waals surface area contributed by atoms with Crippen LogP contribution in [0.4, 0.5) is 4.39 Å². The van der Waals surface area contributed by atoms with Crippen LogP contribution in [-0.2, 0) is 14.4 Å². The highest BCUT2D eigenvalue weighted by molar-refractivity contribution is 6.02. The number of likely N-dealkylation sites (tertiary alicyclic amines) is 1. The van der Waals surface area contributed by atoms with Crippen molar-refractivity contribution in [1.29, 1.82) is 0 Å². The molecular weight excluding hydrogens is 461 g/mol. The molecule has 8 heteroatoms. The lowest BCUT2D eigenvalue weighted by Gasteiger charge is -2.29. The zero-order valence-corrected chi connectivity index (χ0v) is 20.9. The Hall–Kier alpha value is -3.03. The van der Waals surface area contributed by atoms with Gasteiger partial charge in [-0.15, -0.1) is 0 Å². The Balaban J connectivity index is 1.40. The fourth-order valence-electron chi connectivity index (χ4n) is 6.64. The van der Waals surface area contributed by atoms with Gasteiger partial charge in [-0.3, -0.25) is 19.2 Å². The third-order valence-corrected chi connectivity index (χ3v) is 8.62. The standard InChI is InChI=1S/C28H34FN3O4/c1-3-23(33)21(12-16-6-5-9-24(16)34)31-27(35)26-18-8-4-7-17(18)14-32(26)28(36)22-13-19-15(2)10-11-20(29)25(19)30-22/h10-11,13,16-18,21,26,30H,3-9,12,14H2,1-2H3,(H,31,35). The molecule has 5 rings (SSSR count). The molecule has 1 aliphatic heterocycles. The quantitative estimate of drug-likeness (QED) is 0.605. The first kappa shape index (κ1) is 24.7. The molecular formula is C28H34FN3O4. The van der Waals surface area contributed by atoms with E-state index in [0.717, 1.165) is 37.7 Å². The molecule has 36 heavy (non-hydrogen) atoms. The van der Waals surface area contributed by atoms with E-state index in [-0.39, 0.29) is 58.8 Å². The number of Topliss-reactive ketones (excluding diaryl/α,β-unsaturated/α-hetero) is 2. The fraction of sp³-hybridized carbons (Fsp3) is 0.571. The summed E-state index contributed by atoms with van der Waals surface area (Å²) in [5.74, 6) is -0.958. The second-order valence-electron chi connectivity index (χ2n) is 10.8. The average molecular weight is 496 g/mol. The maximum absolute atomic E-state index is 14.4. The number of fused-ring (bicyclic) bond motifs is 2. The van der Waals surface area contributed by atoms with Gasteiger partial charge >= 0.3 is 0 Å². The van der Waals surface area contributed by atoms with Crippen LogP contribution in [0.5, 0.6) is 0 Å². The van der Waals surface area contributed by atoms with Gasteiger partial charge in [-0.05, 0) is 68.6 Å². The van der Waals surface area contributed by atoms with Crippen LogP contribution in [0.25, 0.3) is 10.9 Å². The third-order valence-electron chi connectivity index (χ3n) is 8.62. The van der Waals surface area contributed by atoms with Crippen LogP contribution >= 0.6 is 0 Å². The average Bonchev–Trinajstić information content (AvgIpc) is 3.64. The van der Waals surface area contributed by atoms with Gasteiger partial charge in [-0.2, -0.15) is 0 Å². The number of hydrogen-bond donors (Lipinski definition) is 2. The van der Waals surface area contributed by atoms with Crippen LogP contribution in [0.2, 0.25) is 0 Å². The van der Waals surface area contributed by atoms with Crippen molar-refractivity contribution in [2.45, 2.75) is 77.3 Å². The molecule has 2 aliphatic carbocycles. The first-order valence-corrected chi connectivity index (χ1v) is 13.2. The molecule has 2 heterocycles. The molecule has 5 unspecified atom stereocenters. The number of rotatable bonds is 7. The third kappa shape index (κ3) is 4.35. The van der Waals surface area contributed by atoms with Gasteiger partial charge in [0.2, 0.25) is 5.91 Å². The highest BCUT2D eigenvalue weighted by Crippen LogP contribution is 2.43. The first-order chi connectivity index (χ1) is 17.3. The summed E-state index contributed by atoms with van der Waals surface area (Å²) >= 11 is 0. The number of amides is 2. The normalized spacial score (nSPS) is 26.4. The molecule has 192 valence electrons. The van der Waals surface area contributed by atoms with E-state index in [2.05, 4.69) is 10.3 Å². The molecule has 7 nitrogen and oxygen atoms in total. The molecule has 0 spiro atoms. The lowest BCUT2D eigenvalue weighted by Crippen LogP contribution is -2.53. The molecule has 5 atom stereocenters. The Labute approximate surface area is 210 Å². The number of ketones is 2. The van der Waals surface area contributed by atoms with Crippen LogP contribution in [0, 0.1) is 30.5 Å². The minimum atomic E-state index is -0.725. The minimum absolute atomic E-state index is 0.0299. The maximum Gasteiger partial charge on any atom is 0.271 e. The van der Waals surface area contributed by atoms with E-state index in [9.17, 15) is 23.6 Å². The zero-order chi connectivity index (χ0) is 25.6. The van der Waals surface area contributed by atoms with E-state index in [1.54, 1.807) is 24.0 Å². The molecule has 2 saturated carbocycles. The van der Waals surface area contributed by atoms with Crippen molar-refractivity contribution in [3.8, 4) is 0 Å². The van der Waals surface area contributed by atoms with Crippen molar-refractivity contribution < 1.29 is 23.6 Å². The van der Waals surface area contributed by atoms with E-state index >= 15 is 0 Å². The monoisotopic (exact) mass is 495 g/mol. The van der Waals surface area contributed by atoms with E-state index < -0.39 is 17.9 Å². The molecule has 1 aromatic heterocycles. The summed E-state index contributed by atoms with van der Waals surface area (Å²) < 4.78 is 14.4. The maximum atomic E-state index is 14.4. The van der Waals surface area contributed by atoms with Gasteiger partial charge in [0.05, 0.1) is 11.6 Å². The Morgan fingerprint density at radius 1 is 1.19 bits per heavy atom. The number of aromatic amines is 1. The molecule has 2 N–H and O–H groups in total. The topological polar surface area (TPSA) is 99.3 Å². The molecule has 2 amide bonds. The number of aromatic nitrogens is 1. The second-order valence-corrected chi connectivity index (χ2v) is 10.8. The van der Waals surface area contributed by atoms with Crippen molar-refractivity contribution in [3.05, 3.63) is 35.3 Å². The summed E-state index contributed by atoms with van der Waals surface area (Å²) in [4.78, 5) is 56.9. The summed E-state index contributed by atoms with van der Waals surface area (Å²) in [6.07, 6.45) is 5.50. The summed E-state index contributed by atoms with van der Waals surface area (Å²) in [5.41, 5.74) is 1.40. The van der Waals surface area contributed by atoms with Crippen molar-refractivity contribution in [1.82, 2.24) is 15.2 Å². The number of benzene rings is 1. The number of nitrogens with zero attached hydrogens (tertiary/aromatic N) is 1. The van der Waals surface area contributed by atoms with Crippen LogP contribution in [0.3, 0.4) is 0 Å². The molecule has 3 fully saturated rings. The summed E-state index contributed by atoms with van der Waals surface area (Å²) in [6, 6.07) is 3.30. The van der Waals surface area contributed by atoms with E-state index in [4.69, 9.17) is 0 Å². The van der Waals surface area contributed by atoms with Crippen molar-refractivity contribution in [2.75, 3.05) is 6.54 Å². The smallest absolute Gasteiger partial charge is 0.271 e. The van der Waals surface area contributed by atoms with E-state index in [1.807, 2.05) is 6.92 Å². The Morgan fingerprint density at radius 2 is 2.00 bits per heavy atom. The van der Waals surface area contributed by atoms with Crippen LogP contribution in [0.15, 0.2) is 18.2 Å². The number of H-pyrrole nitrogens is 1. The lowest BCUT2D eigenvalue weighted by atomic mass is 9.91. The first-order valence-electron chi connectivity index (χ1n) is 13.2. The molecule has 1 aromatic carbocycles. The van der Waals surface area contributed by atoms with Crippen LogP contribution < -0.4 is 5.32 Å². The number of aryl methyl sites for hydroxylation is 1. The van der Waals surface area contributed by atoms with Gasteiger partial charge in [0.1, 0.15) is 23.3 Å². The van der Waals surface area contributed by atoms with Gasteiger partial charge in [0.15, 0.2) is 5.78 Å². The molecule has 3 aliphatic rings. The van der Waals surface area contributed by atoms with E-state index in [0.29, 0.717) is 24.8 Å². The molecule has 1 saturated heterocycles. The van der Waals surface area contributed by atoms with Crippen LogP contribution in [0.1, 0.15) is 74.3 Å². The Morgan fingerprint density at radius 3 is 2.69 bits per heavy atom. The highest BCUT2D eigenvalue weighted by atomic mass is 19.1. The lowest BCUT2D eigenvalue weighted by molar-refractivity contribution is -0.131. The number of hydrogen-bond acceptors (Lipinski definition) is 4. The summed E-state index contributed by atoms with van der Waals surface area (Å²) in [6.45, 7) is 4.08. The predicted octanol–water partition coefficient (Wildman–Crippen LogP) is 4.08. The number of carbonyl (C=O) groups excluding carboxylic acids is 4. The van der Waals surface area contributed by atoms with Crippen LogP contribution in [-0.4, -0.2) is 51.9 Å². The van der Waals surface area contributed by atoms with Crippen molar-refractivity contribution in [3.63, 3.8) is 0 Å². The second kappa shape index (κ2) is 9.79. The van der Waals surface area contributed by atoms with Crippen molar-refractivity contribution >= 4 is 34.3 Å². The SMILES string of the molecule is CCC(=O)C(CC1CCCC1=O)NC(=O)C1C2CCCC2CN1C(=O)c1cc2c(C)ccc(F)c2[nH]1. The van der Waals surface area contributed by atoms with Gasteiger partial charge in [-0.25, -0.2) is 4.39 Å². The predicted molar refractivity (Wildman–Crippen MR) is 133 cm³/mol. The number of carbonyl (C=O) groups is 4. The molecule has 2 aromatic rings.